The van der Waals surface area contributed by atoms with E-state index in [9.17, 15) is 0 Å². The number of methoxy groups -OCH3 is 1. The number of anilines is 3. The zero-order valence-electron chi connectivity index (χ0n) is 15.1. The van der Waals surface area contributed by atoms with E-state index in [1.807, 2.05) is 24.3 Å². The number of hydrogen-bond acceptors (Lipinski definition) is 8. The van der Waals surface area contributed by atoms with Crippen molar-refractivity contribution >= 4 is 17.3 Å². The van der Waals surface area contributed by atoms with E-state index in [-0.39, 0.29) is 0 Å². The van der Waals surface area contributed by atoms with E-state index in [0.29, 0.717) is 23.9 Å². The normalized spacial score (nSPS) is 14.8. The third-order valence-corrected chi connectivity index (χ3v) is 4.33. The van der Waals surface area contributed by atoms with Crippen LogP contribution in [0, 0.1) is 0 Å². The predicted molar refractivity (Wildman–Crippen MR) is 103 cm³/mol. The van der Waals surface area contributed by atoms with Crippen LogP contribution >= 0.6 is 0 Å². The van der Waals surface area contributed by atoms with Crippen molar-refractivity contribution < 1.29 is 9.47 Å². The average Bonchev–Trinajstić information content (AvgIpc) is 2.69. The van der Waals surface area contributed by atoms with Crippen LogP contribution in [0.5, 0.6) is 5.75 Å². The lowest BCUT2D eigenvalue weighted by Gasteiger charge is -2.26. The highest BCUT2D eigenvalue weighted by atomic mass is 16.5. The fourth-order valence-electron chi connectivity index (χ4n) is 2.76. The Morgan fingerprint density at radius 3 is 2.50 bits per heavy atom. The summed E-state index contributed by atoms with van der Waals surface area (Å²) < 4.78 is 10.5. The number of morpholine rings is 1. The molecule has 1 aliphatic heterocycles. The van der Waals surface area contributed by atoms with Gasteiger partial charge in [0.15, 0.2) is 11.6 Å². The lowest BCUT2D eigenvalue weighted by Crippen LogP contribution is -2.39. The summed E-state index contributed by atoms with van der Waals surface area (Å²) in [6.07, 6.45) is 1.52. The van der Waals surface area contributed by atoms with Crippen LogP contribution in [-0.4, -0.2) is 61.4 Å². The van der Waals surface area contributed by atoms with Gasteiger partial charge in [-0.15, -0.1) is 0 Å². The largest absolute Gasteiger partial charge is 0.497 e. The van der Waals surface area contributed by atoms with E-state index >= 15 is 0 Å². The minimum Gasteiger partial charge on any atom is -0.497 e. The number of rotatable bonds is 8. The molecule has 1 aromatic carbocycles. The second-order valence-electron chi connectivity index (χ2n) is 6.07. The smallest absolute Gasteiger partial charge is 0.155 e. The molecule has 0 saturated carbocycles. The molecular formula is C18H26N6O2. The zero-order chi connectivity index (χ0) is 18.2. The Labute approximate surface area is 153 Å². The maximum atomic E-state index is 6.21. The topological polar surface area (TPSA) is 97.6 Å². The average molecular weight is 358 g/mol. The number of nitrogens with one attached hydrogen (secondary N) is 2. The molecule has 0 spiro atoms. The Morgan fingerprint density at radius 1 is 1.12 bits per heavy atom. The summed E-state index contributed by atoms with van der Waals surface area (Å²) in [5.41, 5.74) is 7.86. The molecule has 1 aliphatic rings. The minimum absolute atomic E-state index is 0.531. The van der Waals surface area contributed by atoms with E-state index < -0.39 is 0 Å². The first kappa shape index (κ1) is 18.2. The van der Waals surface area contributed by atoms with Gasteiger partial charge in [0.25, 0.3) is 0 Å². The molecule has 0 amide bonds. The standard InChI is InChI=1S/C18H26N6O2/c1-25-15-4-2-14(3-5-15)12-21-18-16(19)17(22-13-23-18)20-6-7-24-8-10-26-11-9-24/h2-5,13H,6-12,19H2,1H3,(H2,20,21,22,23). The van der Waals surface area contributed by atoms with Crippen molar-refractivity contribution in [1.29, 1.82) is 0 Å². The van der Waals surface area contributed by atoms with Gasteiger partial charge >= 0.3 is 0 Å². The molecule has 1 saturated heterocycles. The van der Waals surface area contributed by atoms with Gasteiger partial charge in [-0.1, -0.05) is 12.1 Å². The lowest BCUT2D eigenvalue weighted by molar-refractivity contribution is 0.0398. The predicted octanol–water partition coefficient (Wildman–Crippen LogP) is 1.42. The van der Waals surface area contributed by atoms with Crippen molar-refractivity contribution in [2.75, 3.05) is 62.9 Å². The molecule has 26 heavy (non-hydrogen) atoms. The molecule has 2 heterocycles. The summed E-state index contributed by atoms with van der Waals surface area (Å²) >= 11 is 0. The molecular weight excluding hydrogens is 332 g/mol. The van der Waals surface area contributed by atoms with Crippen LogP contribution in [0.1, 0.15) is 5.56 Å². The molecule has 2 aromatic rings. The Balaban J connectivity index is 1.52. The molecule has 1 aromatic heterocycles. The third kappa shape index (κ3) is 4.96. The van der Waals surface area contributed by atoms with Gasteiger partial charge in [-0.2, -0.15) is 0 Å². The first-order chi connectivity index (χ1) is 12.8. The molecule has 8 nitrogen and oxygen atoms in total. The molecule has 8 heteroatoms. The van der Waals surface area contributed by atoms with E-state index in [4.69, 9.17) is 15.2 Å². The number of aromatic nitrogens is 2. The fraction of sp³-hybridized carbons (Fsp3) is 0.444. The van der Waals surface area contributed by atoms with E-state index in [1.54, 1.807) is 7.11 Å². The molecule has 0 radical (unpaired) electrons. The second kappa shape index (κ2) is 9.21. The molecule has 0 bridgehead atoms. The highest BCUT2D eigenvalue weighted by Crippen LogP contribution is 2.23. The van der Waals surface area contributed by atoms with Gasteiger partial charge in [-0.3, -0.25) is 4.90 Å². The summed E-state index contributed by atoms with van der Waals surface area (Å²) in [6.45, 7) is 5.87. The van der Waals surface area contributed by atoms with Gasteiger partial charge in [-0.25, -0.2) is 9.97 Å². The highest BCUT2D eigenvalue weighted by molar-refractivity contribution is 5.73. The van der Waals surface area contributed by atoms with Gasteiger partial charge in [0, 0.05) is 32.7 Å². The summed E-state index contributed by atoms with van der Waals surface area (Å²) in [5, 5.41) is 6.56. The van der Waals surface area contributed by atoms with Crippen LogP contribution in [-0.2, 0) is 11.3 Å². The van der Waals surface area contributed by atoms with Gasteiger partial charge in [-0.05, 0) is 17.7 Å². The maximum absolute atomic E-state index is 6.21. The number of hydrogen-bond donors (Lipinski definition) is 3. The first-order valence-corrected chi connectivity index (χ1v) is 8.77. The molecule has 1 fully saturated rings. The van der Waals surface area contributed by atoms with E-state index in [2.05, 4.69) is 25.5 Å². The van der Waals surface area contributed by atoms with E-state index in [1.165, 1.54) is 6.33 Å². The van der Waals surface area contributed by atoms with Crippen molar-refractivity contribution in [3.05, 3.63) is 36.2 Å². The fourth-order valence-corrected chi connectivity index (χ4v) is 2.76. The van der Waals surface area contributed by atoms with Crippen LogP contribution in [0.2, 0.25) is 0 Å². The quantitative estimate of drug-likeness (QED) is 0.652. The molecule has 4 N–H and O–H groups in total. The van der Waals surface area contributed by atoms with Gasteiger partial charge in [0.1, 0.15) is 17.8 Å². The van der Waals surface area contributed by atoms with E-state index in [0.717, 1.165) is 50.7 Å². The Kier molecular flexibility index (Phi) is 6.45. The maximum Gasteiger partial charge on any atom is 0.155 e. The summed E-state index contributed by atoms with van der Waals surface area (Å²) in [7, 11) is 1.66. The van der Waals surface area contributed by atoms with Crippen molar-refractivity contribution in [2.24, 2.45) is 0 Å². The number of ether oxygens (including phenoxy) is 2. The SMILES string of the molecule is COc1ccc(CNc2ncnc(NCCN3CCOCC3)c2N)cc1. The molecule has 0 atom stereocenters. The number of nitrogens with zero attached hydrogens (tertiary/aromatic N) is 3. The van der Waals surface area contributed by atoms with Crippen LogP contribution in [0.4, 0.5) is 17.3 Å². The number of nitrogen functional groups attached to an aromatic ring is 1. The Morgan fingerprint density at radius 2 is 1.81 bits per heavy atom. The molecule has 3 rings (SSSR count). The number of benzene rings is 1. The van der Waals surface area contributed by atoms with Gasteiger partial charge in [0.2, 0.25) is 0 Å². The van der Waals surface area contributed by atoms with Crippen LogP contribution < -0.4 is 21.1 Å². The minimum atomic E-state index is 0.531. The van der Waals surface area contributed by atoms with Gasteiger partial charge in [0.05, 0.1) is 20.3 Å². The zero-order valence-corrected chi connectivity index (χ0v) is 15.1. The molecule has 0 aliphatic carbocycles. The van der Waals surface area contributed by atoms with Crippen LogP contribution in [0.3, 0.4) is 0 Å². The summed E-state index contributed by atoms with van der Waals surface area (Å²) in [5.74, 6) is 2.12. The summed E-state index contributed by atoms with van der Waals surface area (Å²) in [4.78, 5) is 10.9. The van der Waals surface area contributed by atoms with Crippen molar-refractivity contribution in [2.45, 2.75) is 6.54 Å². The van der Waals surface area contributed by atoms with Gasteiger partial charge < -0.3 is 25.8 Å². The summed E-state index contributed by atoms with van der Waals surface area (Å²) in [6, 6.07) is 7.87. The van der Waals surface area contributed by atoms with Crippen molar-refractivity contribution in [3.63, 3.8) is 0 Å². The Bertz CT molecular complexity index is 689. The molecule has 140 valence electrons. The molecule has 0 unspecified atom stereocenters. The van der Waals surface area contributed by atoms with Crippen LogP contribution in [0.25, 0.3) is 0 Å². The third-order valence-electron chi connectivity index (χ3n) is 4.33. The lowest BCUT2D eigenvalue weighted by atomic mass is 10.2. The monoisotopic (exact) mass is 358 g/mol. The highest BCUT2D eigenvalue weighted by Gasteiger charge is 2.11. The van der Waals surface area contributed by atoms with Crippen molar-refractivity contribution in [3.8, 4) is 5.75 Å². The Hall–Kier alpha value is -2.58. The second-order valence-corrected chi connectivity index (χ2v) is 6.07. The van der Waals surface area contributed by atoms with Crippen LogP contribution in [0.15, 0.2) is 30.6 Å². The van der Waals surface area contributed by atoms with Crippen molar-refractivity contribution in [1.82, 2.24) is 14.9 Å². The first-order valence-electron chi connectivity index (χ1n) is 8.77. The number of nitrogens with two attached hydrogens (primary N) is 1.